The van der Waals surface area contributed by atoms with E-state index in [9.17, 15) is 14.9 Å². The quantitative estimate of drug-likeness (QED) is 0.676. The van der Waals surface area contributed by atoms with Gasteiger partial charge in [-0.3, -0.25) is 14.9 Å². The van der Waals surface area contributed by atoms with E-state index in [1.165, 1.54) is 6.07 Å². The first-order valence-electron chi connectivity index (χ1n) is 6.95. The molecule has 0 bridgehead atoms. The standard InChI is InChI=1S/C16H20N2O3/c1-10-11(2)15(18(20)21)6-5-14(10)17-12-7-13(19)9-16(3,4)8-12/h5-7,17H,8-9H2,1-4H3. The average Bonchev–Trinajstić information content (AvgIpc) is 2.32. The lowest BCUT2D eigenvalue weighted by atomic mass is 9.79. The molecule has 1 aliphatic rings. The molecule has 1 aliphatic carbocycles. The highest BCUT2D eigenvalue weighted by Crippen LogP contribution is 2.35. The molecule has 1 aromatic rings. The maximum absolute atomic E-state index is 11.8. The minimum atomic E-state index is -0.376. The number of carbonyl (C=O) groups excluding carboxylic acids is 1. The van der Waals surface area contributed by atoms with E-state index in [0.29, 0.717) is 12.0 Å². The summed E-state index contributed by atoms with van der Waals surface area (Å²) in [4.78, 5) is 22.3. The summed E-state index contributed by atoms with van der Waals surface area (Å²) in [6.07, 6.45) is 2.98. The molecule has 0 aromatic heterocycles. The Bertz CT molecular complexity index is 645. The van der Waals surface area contributed by atoms with E-state index >= 15 is 0 Å². The number of hydrogen-bond donors (Lipinski definition) is 1. The number of nitro groups is 1. The van der Waals surface area contributed by atoms with Crippen molar-refractivity contribution in [2.24, 2.45) is 5.41 Å². The van der Waals surface area contributed by atoms with Gasteiger partial charge in [-0.2, -0.15) is 0 Å². The van der Waals surface area contributed by atoms with Crippen LogP contribution in [0.15, 0.2) is 23.9 Å². The molecule has 21 heavy (non-hydrogen) atoms. The molecule has 112 valence electrons. The third-order valence-electron chi connectivity index (χ3n) is 3.91. The molecule has 0 atom stereocenters. The summed E-state index contributed by atoms with van der Waals surface area (Å²) >= 11 is 0. The van der Waals surface area contributed by atoms with Crippen molar-refractivity contribution in [2.45, 2.75) is 40.5 Å². The van der Waals surface area contributed by atoms with Crippen LogP contribution in [-0.4, -0.2) is 10.7 Å². The van der Waals surface area contributed by atoms with E-state index in [4.69, 9.17) is 0 Å². The van der Waals surface area contributed by atoms with Crippen LogP contribution in [0.25, 0.3) is 0 Å². The van der Waals surface area contributed by atoms with Crippen LogP contribution in [0, 0.1) is 29.4 Å². The van der Waals surface area contributed by atoms with Crippen molar-refractivity contribution in [2.75, 3.05) is 5.32 Å². The van der Waals surface area contributed by atoms with Crippen LogP contribution in [-0.2, 0) is 4.79 Å². The van der Waals surface area contributed by atoms with Gasteiger partial charge in [0.15, 0.2) is 5.78 Å². The molecule has 0 spiro atoms. The first kappa shape index (κ1) is 15.2. The zero-order chi connectivity index (χ0) is 15.8. The molecule has 2 rings (SSSR count). The van der Waals surface area contributed by atoms with E-state index in [2.05, 4.69) is 19.2 Å². The number of nitrogens with zero attached hydrogens (tertiary/aromatic N) is 1. The number of nitro benzene ring substituents is 1. The first-order chi connectivity index (χ1) is 9.69. The highest BCUT2D eigenvalue weighted by atomic mass is 16.6. The lowest BCUT2D eigenvalue weighted by molar-refractivity contribution is -0.385. The molecular weight excluding hydrogens is 268 g/mol. The Kier molecular flexibility index (Phi) is 3.85. The number of carbonyl (C=O) groups is 1. The predicted molar refractivity (Wildman–Crippen MR) is 82.3 cm³/mol. The second-order valence-corrected chi connectivity index (χ2v) is 6.42. The van der Waals surface area contributed by atoms with Crippen molar-refractivity contribution >= 4 is 17.2 Å². The van der Waals surface area contributed by atoms with E-state index < -0.39 is 0 Å². The van der Waals surface area contributed by atoms with E-state index in [-0.39, 0.29) is 21.8 Å². The van der Waals surface area contributed by atoms with Crippen LogP contribution in [0.3, 0.4) is 0 Å². The van der Waals surface area contributed by atoms with Crippen molar-refractivity contribution in [1.29, 1.82) is 0 Å². The SMILES string of the molecule is Cc1c(NC2=CC(=O)CC(C)(C)C2)ccc([N+](=O)[O-])c1C. The average molecular weight is 288 g/mol. The zero-order valence-corrected chi connectivity index (χ0v) is 12.8. The van der Waals surface area contributed by atoms with Gasteiger partial charge in [0.2, 0.25) is 0 Å². The molecule has 0 amide bonds. The lowest BCUT2D eigenvalue weighted by Crippen LogP contribution is -2.24. The fraction of sp³-hybridized carbons (Fsp3) is 0.438. The summed E-state index contributed by atoms with van der Waals surface area (Å²) < 4.78 is 0. The van der Waals surface area contributed by atoms with Gasteiger partial charge in [0, 0.05) is 35.5 Å². The van der Waals surface area contributed by atoms with Crippen molar-refractivity contribution in [3.05, 3.63) is 45.1 Å². The van der Waals surface area contributed by atoms with Crippen molar-refractivity contribution < 1.29 is 9.72 Å². The molecule has 0 heterocycles. The second-order valence-electron chi connectivity index (χ2n) is 6.42. The Labute approximate surface area is 124 Å². The van der Waals surface area contributed by atoms with Gasteiger partial charge >= 0.3 is 0 Å². The van der Waals surface area contributed by atoms with Crippen LogP contribution in [0.4, 0.5) is 11.4 Å². The molecule has 1 N–H and O–H groups in total. The van der Waals surface area contributed by atoms with Gasteiger partial charge in [0.25, 0.3) is 5.69 Å². The molecule has 5 nitrogen and oxygen atoms in total. The summed E-state index contributed by atoms with van der Waals surface area (Å²) in [5.41, 5.74) is 3.22. The van der Waals surface area contributed by atoms with Crippen LogP contribution in [0.1, 0.15) is 37.8 Å². The lowest BCUT2D eigenvalue weighted by Gasteiger charge is -2.29. The van der Waals surface area contributed by atoms with Crippen molar-refractivity contribution in [1.82, 2.24) is 0 Å². The third-order valence-corrected chi connectivity index (χ3v) is 3.91. The summed E-state index contributed by atoms with van der Waals surface area (Å²) in [7, 11) is 0. The number of allylic oxidation sites excluding steroid dienone is 2. The number of nitrogens with one attached hydrogen (secondary N) is 1. The van der Waals surface area contributed by atoms with Gasteiger partial charge < -0.3 is 5.32 Å². The summed E-state index contributed by atoms with van der Waals surface area (Å²) in [6.45, 7) is 7.71. The van der Waals surface area contributed by atoms with Crippen molar-refractivity contribution in [3.63, 3.8) is 0 Å². The molecule has 0 fully saturated rings. The summed E-state index contributed by atoms with van der Waals surface area (Å²) in [5.74, 6) is 0.116. The number of rotatable bonds is 3. The van der Waals surface area contributed by atoms with Gasteiger partial charge in [-0.1, -0.05) is 13.8 Å². The monoisotopic (exact) mass is 288 g/mol. The minimum Gasteiger partial charge on any atom is -0.359 e. The highest BCUT2D eigenvalue weighted by Gasteiger charge is 2.28. The second kappa shape index (κ2) is 5.31. The fourth-order valence-electron chi connectivity index (χ4n) is 2.74. The number of anilines is 1. The molecule has 0 aliphatic heterocycles. The van der Waals surface area contributed by atoms with Gasteiger partial charge in [-0.15, -0.1) is 0 Å². The smallest absolute Gasteiger partial charge is 0.272 e. The molecule has 0 radical (unpaired) electrons. The molecule has 1 aromatic carbocycles. The van der Waals surface area contributed by atoms with Gasteiger partial charge in [0.1, 0.15) is 0 Å². The summed E-state index contributed by atoms with van der Waals surface area (Å²) in [5, 5.41) is 14.2. The van der Waals surface area contributed by atoms with Crippen LogP contribution >= 0.6 is 0 Å². The van der Waals surface area contributed by atoms with Crippen LogP contribution < -0.4 is 5.32 Å². The normalized spacial score (nSPS) is 17.3. The van der Waals surface area contributed by atoms with Gasteiger partial charge in [-0.25, -0.2) is 0 Å². The first-order valence-corrected chi connectivity index (χ1v) is 6.95. The Morgan fingerprint density at radius 1 is 1.19 bits per heavy atom. The molecule has 0 saturated carbocycles. The van der Waals surface area contributed by atoms with E-state index in [0.717, 1.165) is 23.4 Å². The minimum absolute atomic E-state index is 0.0576. The van der Waals surface area contributed by atoms with Gasteiger partial charge in [0.05, 0.1) is 4.92 Å². The molecule has 5 heteroatoms. The van der Waals surface area contributed by atoms with E-state index in [1.807, 2.05) is 6.92 Å². The fourth-order valence-corrected chi connectivity index (χ4v) is 2.74. The highest BCUT2D eigenvalue weighted by molar-refractivity contribution is 5.92. The summed E-state index contributed by atoms with van der Waals surface area (Å²) in [6, 6.07) is 3.20. The molecule has 0 unspecified atom stereocenters. The molecule has 0 saturated heterocycles. The predicted octanol–water partition coefficient (Wildman–Crippen LogP) is 3.90. The maximum atomic E-state index is 11.8. The number of benzene rings is 1. The van der Waals surface area contributed by atoms with Gasteiger partial charge in [-0.05, 0) is 37.3 Å². The largest absolute Gasteiger partial charge is 0.359 e. The Morgan fingerprint density at radius 3 is 2.43 bits per heavy atom. The van der Waals surface area contributed by atoms with E-state index in [1.54, 1.807) is 19.1 Å². The third kappa shape index (κ3) is 3.29. The Morgan fingerprint density at radius 2 is 1.86 bits per heavy atom. The maximum Gasteiger partial charge on any atom is 0.272 e. The Hall–Kier alpha value is -2.17. The van der Waals surface area contributed by atoms with Crippen LogP contribution in [0.2, 0.25) is 0 Å². The number of ketones is 1. The Balaban J connectivity index is 2.31. The van der Waals surface area contributed by atoms with Crippen LogP contribution in [0.5, 0.6) is 0 Å². The topological polar surface area (TPSA) is 72.2 Å². The number of hydrogen-bond acceptors (Lipinski definition) is 4. The zero-order valence-electron chi connectivity index (χ0n) is 12.8. The van der Waals surface area contributed by atoms with Crippen molar-refractivity contribution in [3.8, 4) is 0 Å². The molecular formula is C16H20N2O3.